The maximum atomic E-state index is 9.65. The van der Waals surface area contributed by atoms with Crippen molar-refractivity contribution >= 4 is 27.7 Å². The number of halogens is 1. The normalized spacial score (nSPS) is 15.2. The SMILES string of the molecule is C[C@H](O)c1ccc(Sc2ccc3c(c2)CCC3)cc1Br. The van der Waals surface area contributed by atoms with E-state index >= 15 is 0 Å². The Morgan fingerprint density at radius 3 is 2.50 bits per heavy atom. The predicted molar refractivity (Wildman–Crippen MR) is 87.4 cm³/mol. The van der Waals surface area contributed by atoms with E-state index < -0.39 is 6.10 Å². The van der Waals surface area contributed by atoms with E-state index in [9.17, 15) is 5.11 Å². The Morgan fingerprint density at radius 2 is 1.75 bits per heavy atom. The molecule has 0 aromatic heterocycles. The van der Waals surface area contributed by atoms with Crippen molar-refractivity contribution in [1.82, 2.24) is 0 Å². The Bertz CT molecular complexity index is 637. The summed E-state index contributed by atoms with van der Waals surface area (Å²) in [4.78, 5) is 2.49. The smallest absolute Gasteiger partial charge is 0.0772 e. The minimum Gasteiger partial charge on any atom is -0.389 e. The number of aryl methyl sites for hydroxylation is 2. The minimum absolute atomic E-state index is 0.441. The van der Waals surface area contributed by atoms with Crippen molar-refractivity contribution in [3.63, 3.8) is 0 Å². The van der Waals surface area contributed by atoms with Crippen molar-refractivity contribution in [1.29, 1.82) is 0 Å². The van der Waals surface area contributed by atoms with Gasteiger partial charge in [0.15, 0.2) is 0 Å². The van der Waals surface area contributed by atoms with Gasteiger partial charge in [0, 0.05) is 14.3 Å². The molecule has 0 aliphatic heterocycles. The molecule has 0 unspecified atom stereocenters. The molecule has 0 saturated heterocycles. The predicted octanol–water partition coefficient (Wildman–Crippen LogP) is 5.14. The van der Waals surface area contributed by atoms with E-state index in [0.717, 1.165) is 10.0 Å². The highest BCUT2D eigenvalue weighted by Crippen LogP contribution is 2.35. The van der Waals surface area contributed by atoms with E-state index in [0.29, 0.717) is 0 Å². The van der Waals surface area contributed by atoms with Crippen LogP contribution in [0.5, 0.6) is 0 Å². The zero-order chi connectivity index (χ0) is 14.1. The summed E-state index contributed by atoms with van der Waals surface area (Å²) >= 11 is 5.31. The molecule has 1 atom stereocenters. The van der Waals surface area contributed by atoms with Gasteiger partial charge >= 0.3 is 0 Å². The first kappa shape index (κ1) is 14.2. The van der Waals surface area contributed by atoms with Gasteiger partial charge in [0.25, 0.3) is 0 Å². The van der Waals surface area contributed by atoms with Crippen molar-refractivity contribution in [2.75, 3.05) is 0 Å². The quantitative estimate of drug-likeness (QED) is 0.828. The van der Waals surface area contributed by atoms with E-state index in [1.165, 1.54) is 40.2 Å². The van der Waals surface area contributed by atoms with Crippen LogP contribution in [0.2, 0.25) is 0 Å². The molecule has 2 aromatic carbocycles. The van der Waals surface area contributed by atoms with Crippen LogP contribution in [-0.2, 0) is 12.8 Å². The lowest BCUT2D eigenvalue weighted by Gasteiger charge is -2.10. The standard InChI is InChI=1S/C17H17BrOS/c1-11(19)16-8-7-15(10-17(16)18)20-14-6-5-12-3-2-4-13(12)9-14/h5-11,19H,2-4H2,1H3/t11-/m0/s1. The summed E-state index contributed by atoms with van der Waals surface area (Å²) in [5.41, 5.74) is 3.96. The van der Waals surface area contributed by atoms with Crippen LogP contribution in [0.4, 0.5) is 0 Å². The van der Waals surface area contributed by atoms with E-state index in [1.807, 2.05) is 6.07 Å². The molecule has 3 rings (SSSR count). The van der Waals surface area contributed by atoms with Gasteiger partial charge in [0.1, 0.15) is 0 Å². The fourth-order valence-corrected chi connectivity index (χ4v) is 4.44. The second-order valence-corrected chi connectivity index (χ2v) is 7.25. The summed E-state index contributed by atoms with van der Waals surface area (Å²) in [6.07, 6.45) is 3.30. The summed E-state index contributed by atoms with van der Waals surface area (Å²) in [7, 11) is 0. The zero-order valence-corrected chi connectivity index (χ0v) is 13.8. The molecule has 20 heavy (non-hydrogen) atoms. The molecule has 1 aliphatic carbocycles. The molecule has 1 aliphatic rings. The van der Waals surface area contributed by atoms with Crippen molar-refractivity contribution < 1.29 is 5.11 Å². The van der Waals surface area contributed by atoms with Crippen LogP contribution in [-0.4, -0.2) is 5.11 Å². The van der Waals surface area contributed by atoms with Crippen molar-refractivity contribution in [3.8, 4) is 0 Å². The van der Waals surface area contributed by atoms with Gasteiger partial charge < -0.3 is 5.11 Å². The maximum Gasteiger partial charge on any atom is 0.0772 e. The third-order valence-electron chi connectivity index (χ3n) is 3.73. The number of fused-ring (bicyclic) bond motifs is 1. The topological polar surface area (TPSA) is 20.2 Å². The van der Waals surface area contributed by atoms with Gasteiger partial charge in [-0.1, -0.05) is 39.8 Å². The lowest BCUT2D eigenvalue weighted by molar-refractivity contribution is 0.198. The van der Waals surface area contributed by atoms with E-state index in [-0.39, 0.29) is 0 Å². The average Bonchev–Trinajstić information content (AvgIpc) is 2.85. The molecule has 1 nitrogen and oxygen atoms in total. The van der Waals surface area contributed by atoms with Crippen LogP contribution in [0.25, 0.3) is 0 Å². The fraction of sp³-hybridized carbons (Fsp3) is 0.294. The Hall–Kier alpha value is -0.770. The number of aliphatic hydroxyl groups excluding tert-OH is 1. The van der Waals surface area contributed by atoms with Crippen LogP contribution < -0.4 is 0 Å². The summed E-state index contributed by atoms with van der Waals surface area (Å²) < 4.78 is 0.971. The highest BCUT2D eigenvalue weighted by atomic mass is 79.9. The lowest BCUT2D eigenvalue weighted by Crippen LogP contribution is -1.92. The Balaban J connectivity index is 1.83. The monoisotopic (exact) mass is 348 g/mol. The van der Waals surface area contributed by atoms with Crippen LogP contribution in [0.1, 0.15) is 36.1 Å². The lowest BCUT2D eigenvalue weighted by atomic mass is 10.1. The van der Waals surface area contributed by atoms with Crippen molar-refractivity contribution in [2.45, 2.75) is 42.1 Å². The maximum absolute atomic E-state index is 9.65. The number of aliphatic hydroxyl groups is 1. The Morgan fingerprint density at radius 1 is 1.05 bits per heavy atom. The van der Waals surface area contributed by atoms with Crippen molar-refractivity contribution in [3.05, 3.63) is 57.6 Å². The van der Waals surface area contributed by atoms with E-state index in [1.54, 1.807) is 18.7 Å². The zero-order valence-electron chi connectivity index (χ0n) is 11.4. The van der Waals surface area contributed by atoms with Crippen LogP contribution in [0, 0.1) is 0 Å². The van der Waals surface area contributed by atoms with Gasteiger partial charge in [0.05, 0.1) is 6.10 Å². The molecule has 0 saturated carbocycles. The first-order chi connectivity index (χ1) is 9.63. The second-order valence-electron chi connectivity index (χ2n) is 5.25. The third-order valence-corrected chi connectivity index (χ3v) is 5.39. The van der Waals surface area contributed by atoms with Crippen LogP contribution in [0.15, 0.2) is 50.7 Å². The molecule has 3 heteroatoms. The second kappa shape index (κ2) is 5.92. The first-order valence-corrected chi connectivity index (χ1v) is 8.51. The Kier molecular flexibility index (Phi) is 4.20. The Labute approximate surface area is 132 Å². The molecule has 0 radical (unpaired) electrons. The average molecular weight is 349 g/mol. The van der Waals surface area contributed by atoms with Crippen molar-refractivity contribution in [2.24, 2.45) is 0 Å². The molecule has 0 bridgehead atoms. The number of benzene rings is 2. The highest BCUT2D eigenvalue weighted by molar-refractivity contribution is 9.10. The van der Waals surface area contributed by atoms with E-state index in [2.05, 4.69) is 46.3 Å². The number of hydrogen-bond acceptors (Lipinski definition) is 2. The van der Waals surface area contributed by atoms with Crippen LogP contribution in [0.3, 0.4) is 0 Å². The molecule has 0 spiro atoms. The molecular formula is C17H17BrOS. The number of hydrogen-bond donors (Lipinski definition) is 1. The van der Waals surface area contributed by atoms with Gasteiger partial charge in [-0.15, -0.1) is 0 Å². The number of rotatable bonds is 3. The van der Waals surface area contributed by atoms with Gasteiger partial charge in [0.2, 0.25) is 0 Å². The summed E-state index contributed by atoms with van der Waals surface area (Å²) in [6.45, 7) is 1.79. The summed E-state index contributed by atoms with van der Waals surface area (Å²) in [6, 6.07) is 13.0. The third kappa shape index (κ3) is 2.95. The highest BCUT2D eigenvalue weighted by Gasteiger charge is 2.12. The van der Waals surface area contributed by atoms with E-state index in [4.69, 9.17) is 0 Å². The fourth-order valence-electron chi connectivity index (χ4n) is 2.66. The minimum atomic E-state index is -0.441. The molecule has 0 fully saturated rings. The molecule has 2 aromatic rings. The molecule has 104 valence electrons. The van der Waals surface area contributed by atoms with Crippen LogP contribution >= 0.6 is 27.7 Å². The largest absolute Gasteiger partial charge is 0.389 e. The molecular weight excluding hydrogens is 332 g/mol. The van der Waals surface area contributed by atoms with Gasteiger partial charge in [-0.05, 0) is 67.1 Å². The molecule has 1 N–H and O–H groups in total. The van der Waals surface area contributed by atoms with Gasteiger partial charge in [-0.25, -0.2) is 0 Å². The summed E-state index contributed by atoms with van der Waals surface area (Å²) in [5.74, 6) is 0. The molecule has 0 heterocycles. The van der Waals surface area contributed by atoms with Gasteiger partial charge in [-0.2, -0.15) is 0 Å². The van der Waals surface area contributed by atoms with Gasteiger partial charge in [-0.3, -0.25) is 0 Å². The first-order valence-electron chi connectivity index (χ1n) is 6.90. The molecule has 0 amide bonds. The summed E-state index contributed by atoms with van der Waals surface area (Å²) in [5, 5.41) is 9.65.